The summed E-state index contributed by atoms with van der Waals surface area (Å²) in [5.41, 5.74) is -0.547. The molecular weight excluding hydrogens is 313 g/mol. The van der Waals surface area contributed by atoms with E-state index in [1.54, 1.807) is 24.3 Å². The number of carbonyl (C=O) groups is 1. The normalized spacial score (nSPS) is 19.1. The number of hydrogen-bond acceptors (Lipinski definition) is 4. The average molecular weight is 331 g/mol. The number of carbonyl (C=O) groups excluding carboxylic acids is 1. The molecule has 1 amide bonds. The number of hydrogen-bond donors (Lipinski definition) is 2. The van der Waals surface area contributed by atoms with Crippen LogP contribution in [0.2, 0.25) is 0 Å². The van der Waals surface area contributed by atoms with Gasteiger partial charge in [0.25, 0.3) is 5.91 Å². The topological polar surface area (TPSA) is 67.8 Å². The number of nitrogens with one attached hydrogen (secondary N) is 1. The van der Waals surface area contributed by atoms with Crippen molar-refractivity contribution < 1.29 is 23.8 Å². The quantitative estimate of drug-likeness (QED) is 0.879. The Balaban J connectivity index is 1.58. The molecule has 0 fully saturated rings. The lowest BCUT2D eigenvalue weighted by molar-refractivity contribution is -0.124. The van der Waals surface area contributed by atoms with Gasteiger partial charge in [-0.15, -0.1) is 0 Å². The Kier molecular flexibility index (Phi) is 4.66. The monoisotopic (exact) mass is 331 g/mol. The summed E-state index contributed by atoms with van der Waals surface area (Å²) in [7, 11) is 0. The molecular formula is C18H18FNO4. The molecule has 0 saturated heterocycles. The second-order valence-electron chi connectivity index (χ2n) is 5.62. The molecule has 0 bridgehead atoms. The summed E-state index contributed by atoms with van der Waals surface area (Å²) in [4.78, 5) is 11.9. The summed E-state index contributed by atoms with van der Waals surface area (Å²) in [5.74, 6) is -0.330. The van der Waals surface area contributed by atoms with E-state index >= 15 is 0 Å². The molecule has 0 radical (unpaired) electrons. The third kappa shape index (κ3) is 3.49. The van der Waals surface area contributed by atoms with Gasteiger partial charge in [-0.25, -0.2) is 4.39 Å². The van der Waals surface area contributed by atoms with Gasteiger partial charge < -0.3 is 19.9 Å². The molecule has 1 heterocycles. The van der Waals surface area contributed by atoms with Crippen LogP contribution in [-0.4, -0.2) is 30.8 Å². The van der Waals surface area contributed by atoms with Gasteiger partial charge >= 0.3 is 0 Å². The number of halogens is 1. The molecule has 24 heavy (non-hydrogen) atoms. The molecule has 1 aliphatic heterocycles. The number of ether oxygens (including phenoxy) is 2. The van der Waals surface area contributed by atoms with Gasteiger partial charge in [0.05, 0.1) is 13.2 Å². The zero-order valence-electron chi connectivity index (χ0n) is 13.0. The highest BCUT2D eigenvalue weighted by atomic mass is 19.1. The van der Waals surface area contributed by atoms with E-state index in [-0.39, 0.29) is 18.9 Å². The van der Waals surface area contributed by atoms with Crippen LogP contribution in [0.3, 0.4) is 0 Å². The van der Waals surface area contributed by atoms with Gasteiger partial charge in [0.2, 0.25) is 0 Å². The molecule has 0 saturated carbocycles. The molecule has 3 rings (SSSR count). The van der Waals surface area contributed by atoms with E-state index in [4.69, 9.17) is 9.47 Å². The Hall–Kier alpha value is -2.60. The van der Waals surface area contributed by atoms with Gasteiger partial charge in [0.15, 0.2) is 18.2 Å². The Morgan fingerprint density at radius 3 is 2.83 bits per heavy atom. The van der Waals surface area contributed by atoms with Crippen molar-refractivity contribution >= 4 is 5.91 Å². The Labute approximate surface area is 139 Å². The molecule has 0 aliphatic carbocycles. The van der Waals surface area contributed by atoms with Crippen molar-refractivity contribution in [3.05, 3.63) is 59.9 Å². The predicted molar refractivity (Wildman–Crippen MR) is 85.4 cm³/mol. The van der Waals surface area contributed by atoms with E-state index in [1.165, 1.54) is 12.1 Å². The van der Waals surface area contributed by atoms with Crippen LogP contribution in [0.1, 0.15) is 12.0 Å². The van der Waals surface area contributed by atoms with Crippen LogP contribution in [0, 0.1) is 5.82 Å². The number of rotatable bonds is 5. The molecule has 6 heteroatoms. The maximum atomic E-state index is 13.4. The number of para-hydroxylation sites is 2. The fraction of sp³-hybridized carbons (Fsp3) is 0.278. The summed E-state index contributed by atoms with van der Waals surface area (Å²) in [6, 6.07) is 13.1. The summed E-state index contributed by atoms with van der Waals surface area (Å²) in [6.07, 6.45) is 0.373. The highest BCUT2D eigenvalue weighted by Gasteiger charge is 2.35. The summed E-state index contributed by atoms with van der Waals surface area (Å²) < 4.78 is 24.1. The van der Waals surface area contributed by atoms with Crippen molar-refractivity contribution in [1.29, 1.82) is 0 Å². The molecule has 2 N–H and O–H groups in total. The van der Waals surface area contributed by atoms with Gasteiger partial charge in [-0.05, 0) is 18.2 Å². The third-order valence-electron chi connectivity index (χ3n) is 3.94. The maximum absolute atomic E-state index is 13.4. The van der Waals surface area contributed by atoms with Crippen molar-refractivity contribution in [1.82, 2.24) is 5.32 Å². The smallest absolute Gasteiger partial charge is 0.258 e. The third-order valence-corrected chi connectivity index (χ3v) is 3.94. The second-order valence-corrected chi connectivity index (χ2v) is 5.62. The standard InChI is InChI=1S/C18H18FNO4/c19-14-6-2-4-8-16(14)24-11-17(21)20-12-18(22)9-10-23-15-7-3-1-5-13(15)18/h1-8,22H,9-12H2,(H,20,21). The Morgan fingerprint density at radius 1 is 1.25 bits per heavy atom. The van der Waals surface area contributed by atoms with E-state index in [2.05, 4.69) is 5.32 Å². The lowest BCUT2D eigenvalue weighted by Crippen LogP contribution is -2.45. The van der Waals surface area contributed by atoms with E-state index in [0.29, 0.717) is 24.3 Å². The zero-order chi connectivity index (χ0) is 17.0. The number of benzene rings is 2. The molecule has 126 valence electrons. The summed E-state index contributed by atoms with van der Waals surface area (Å²) in [6.45, 7) is 0.0805. The molecule has 1 atom stereocenters. The largest absolute Gasteiger partial charge is 0.493 e. The molecule has 2 aromatic carbocycles. The van der Waals surface area contributed by atoms with Gasteiger partial charge in [0.1, 0.15) is 11.4 Å². The maximum Gasteiger partial charge on any atom is 0.258 e. The van der Waals surface area contributed by atoms with Gasteiger partial charge in [-0.1, -0.05) is 30.3 Å². The van der Waals surface area contributed by atoms with Gasteiger partial charge in [-0.3, -0.25) is 4.79 Å². The first-order valence-electron chi connectivity index (χ1n) is 7.67. The van der Waals surface area contributed by atoms with Crippen molar-refractivity contribution in [2.24, 2.45) is 0 Å². The lowest BCUT2D eigenvalue weighted by atomic mass is 9.88. The van der Waals surface area contributed by atoms with Crippen LogP contribution in [0.15, 0.2) is 48.5 Å². The summed E-state index contributed by atoms with van der Waals surface area (Å²) in [5, 5.41) is 13.4. The molecule has 2 aromatic rings. The Morgan fingerprint density at radius 2 is 2.00 bits per heavy atom. The van der Waals surface area contributed by atoms with Crippen LogP contribution in [0.5, 0.6) is 11.5 Å². The van der Waals surface area contributed by atoms with Crippen molar-refractivity contribution in [2.45, 2.75) is 12.0 Å². The minimum absolute atomic E-state index is 0.0165. The van der Waals surface area contributed by atoms with Crippen molar-refractivity contribution in [3.63, 3.8) is 0 Å². The predicted octanol–water partition coefficient (Wildman–Crippen LogP) is 1.99. The first-order chi connectivity index (χ1) is 11.6. The molecule has 1 unspecified atom stereocenters. The average Bonchev–Trinajstić information content (AvgIpc) is 2.60. The van der Waals surface area contributed by atoms with Crippen LogP contribution < -0.4 is 14.8 Å². The molecule has 5 nitrogen and oxygen atoms in total. The first kappa shape index (κ1) is 16.3. The molecule has 1 aliphatic rings. The van der Waals surface area contributed by atoms with E-state index < -0.39 is 17.3 Å². The molecule has 0 spiro atoms. The lowest BCUT2D eigenvalue weighted by Gasteiger charge is -2.34. The minimum Gasteiger partial charge on any atom is -0.493 e. The highest BCUT2D eigenvalue weighted by molar-refractivity contribution is 5.77. The number of amides is 1. The second kappa shape index (κ2) is 6.88. The van der Waals surface area contributed by atoms with Crippen LogP contribution in [0.25, 0.3) is 0 Å². The SMILES string of the molecule is O=C(COc1ccccc1F)NCC1(O)CCOc2ccccc21. The number of fused-ring (bicyclic) bond motifs is 1. The highest BCUT2D eigenvalue weighted by Crippen LogP contribution is 2.36. The van der Waals surface area contributed by atoms with Gasteiger partial charge in [-0.2, -0.15) is 0 Å². The zero-order valence-corrected chi connectivity index (χ0v) is 13.0. The van der Waals surface area contributed by atoms with Crippen LogP contribution >= 0.6 is 0 Å². The molecule has 0 aromatic heterocycles. The van der Waals surface area contributed by atoms with Crippen molar-refractivity contribution in [3.8, 4) is 11.5 Å². The van der Waals surface area contributed by atoms with Crippen molar-refractivity contribution in [2.75, 3.05) is 19.8 Å². The Bertz CT molecular complexity index is 736. The minimum atomic E-state index is -1.19. The van der Waals surface area contributed by atoms with Gasteiger partial charge in [0, 0.05) is 12.0 Å². The van der Waals surface area contributed by atoms with E-state index in [1.807, 2.05) is 12.1 Å². The van der Waals surface area contributed by atoms with E-state index in [9.17, 15) is 14.3 Å². The number of aliphatic hydroxyl groups is 1. The summed E-state index contributed by atoms with van der Waals surface area (Å²) >= 11 is 0. The van der Waals surface area contributed by atoms with Crippen LogP contribution in [-0.2, 0) is 10.4 Å². The van der Waals surface area contributed by atoms with Crippen LogP contribution in [0.4, 0.5) is 4.39 Å². The van der Waals surface area contributed by atoms with E-state index in [0.717, 1.165) is 0 Å². The first-order valence-corrected chi connectivity index (χ1v) is 7.67. The fourth-order valence-corrected chi connectivity index (χ4v) is 2.63. The fourth-order valence-electron chi connectivity index (χ4n) is 2.63.